The summed E-state index contributed by atoms with van der Waals surface area (Å²) in [7, 11) is 1.78. The summed E-state index contributed by atoms with van der Waals surface area (Å²) in [5.74, 6) is -0.550. The lowest BCUT2D eigenvalue weighted by Crippen LogP contribution is -2.43. The maximum atomic E-state index is 13.1. The van der Waals surface area contributed by atoms with E-state index in [0.29, 0.717) is 25.4 Å². The first kappa shape index (κ1) is 21.1. The standard InChI is InChI=1S/C23H31N3O3/c1-6-29-22(28)17-8-7-13-26(15-17)21(27)20-14-19(24-25(20)5)16-9-11-18(12-10-16)23(2,3)4/h9-12,14,17H,6-8,13,15H2,1-5H3. The van der Waals surface area contributed by atoms with E-state index in [0.717, 1.165) is 24.1 Å². The fourth-order valence-corrected chi connectivity index (χ4v) is 3.73. The number of esters is 1. The van der Waals surface area contributed by atoms with E-state index in [4.69, 9.17) is 4.74 Å². The molecule has 1 aliphatic heterocycles. The molecule has 1 saturated heterocycles. The first-order chi connectivity index (χ1) is 13.7. The van der Waals surface area contributed by atoms with Gasteiger partial charge in [0.05, 0.1) is 18.2 Å². The van der Waals surface area contributed by atoms with E-state index < -0.39 is 0 Å². The second-order valence-corrected chi connectivity index (χ2v) is 8.71. The lowest BCUT2D eigenvalue weighted by atomic mass is 9.86. The Kier molecular flexibility index (Phi) is 6.10. The molecule has 29 heavy (non-hydrogen) atoms. The summed E-state index contributed by atoms with van der Waals surface area (Å²) < 4.78 is 6.77. The van der Waals surface area contributed by atoms with Gasteiger partial charge in [-0.15, -0.1) is 0 Å². The van der Waals surface area contributed by atoms with Crippen LogP contribution in [0.4, 0.5) is 0 Å². The van der Waals surface area contributed by atoms with E-state index in [1.165, 1.54) is 5.56 Å². The number of ether oxygens (including phenoxy) is 1. The molecule has 1 fully saturated rings. The maximum Gasteiger partial charge on any atom is 0.310 e. The van der Waals surface area contributed by atoms with E-state index in [-0.39, 0.29) is 23.2 Å². The van der Waals surface area contributed by atoms with Gasteiger partial charge in [-0.1, -0.05) is 45.0 Å². The maximum absolute atomic E-state index is 13.1. The van der Waals surface area contributed by atoms with Gasteiger partial charge in [-0.05, 0) is 36.8 Å². The molecule has 6 nitrogen and oxygen atoms in total. The molecule has 1 amide bonds. The summed E-state index contributed by atoms with van der Waals surface area (Å²) in [5.41, 5.74) is 3.63. The highest BCUT2D eigenvalue weighted by Crippen LogP contribution is 2.27. The molecule has 1 aromatic carbocycles. The van der Waals surface area contributed by atoms with E-state index in [1.807, 2.05) is 6.07 Å². The topological polar surface area (TPSA) is 64.4 Å². The molecular weight excluding hydrogens is 366 g/mol. The molecule has 2 aromatic rings. The van der Waals surface area contributed by atoms with Crippen LogP contribution in [0.1, 0.15) is 56.6 Å². The largest absolute Gasteiger partial charge is 0.466 e. The van der Waals surface area contributed by atoms with Gasteiger partial charge in [0.1, 0.15) is 5.69 Å². The van der Waals surface area contributed by atoms with Crippen molar-refractivity contribution in [1.82, 2.24) is 14.7 Å². The Bertz CT molecular complexity index is 878. The van der Waals surface area contributed by atoms with Crippen LogP contribution in [0.2, 0.25) is 0 Å². The minimum atomic E-state index is -0.245. The first-order valence-electron chi connectivity index (χ1n) is 10.3. The average molecular weight is 398 g/mol. The van der Waals surface area contributed by atoms with Crippen molar-refractivity contribution >= 4 is 11.9 Å². The number of nitrogens with zero attached hydrogens (tertiary/aromatic N) is 3. The molecule has 0 saturated carbocycles. The van der Waals surface area contributed by atoms with Gasteiger partial charge in [-0.3, -0.25) is 14.3 Å². The number of likely N-dealkylation sites (tertiary alicyclic amines) is 1. The Morgan fingerprint density at radius 1 is 1.21 bits per heavy atom. The van der Waals surface area contributed by atoms with Gasteiger partial charge >= 0.3 is 5.97 Å². The third kappa shape index (κ3) is 4.69. The van der Waals surface area contributed by atoms with Crippen molar-refractivity contribution in [3.8, 4) is 11.3 Å². The van der Waals surface area contributed by atoms with Gasteiger partial charge in [0, 0.05) is 25.7 Å². The zero-order valence-corrected chi connectivity index (χ0v) is 18.1. The van der Waals surface area contributed by atoms with Crippen LogP contribution in [0.15, 0.2) is 30.3 Å². The minimum absolute atomic E-state index is 0.0908. The summed E-state index contributed by atoms with van der Waals surface area (Å²) in [6.45, 7) is 9.76. The third-order valence-corrected chi connectivity index (χ3v) is 5.47. The number of hydrogen-bond donors (Lipinski definition) is 0. The van der Waals surface area contributed by atoms with E-state index >= 15 is 0 Å². The van der Waals surface area contributed by atoms with Crippen molar-refractivity contribution in [3.05, 3.63) is 41.6 Å². The molecule has 2 heterocycles. The van der Waals surface area contributed by atoms with E-state index in [1.54, 1.807) is 23.6 Å². The van der Waals surface area contributed by atoms with Crippen LogP contribution in [-0.2, 0) is 22.0 Å². The van der Waals surface area contributed by atoms with Crippen molar-refractivity contribution in [2.45, 2.75) is 46.0 Å². The minimum Gasteiger partial charge on any atom is -0.466 e. The van der Waals surface area contributed by atoms with Crippen LogP contribution in [0, 0.1) is 5.92 Å². The monoisotopic (exact) mass is 397 g/mol. The zero-order valence-electron chi connectivity index (χ0n) is 18.1. The Balaban J connectivity index is 1.77. The third-order valence-electron chi connectivity index (χ3n) is 5.47. The van der Waals surface area contributed by atoms with Gasteiger partial charge in [-0.25, -0.2) is 0 Å². The average Bonchev–Trinajstić information content (AvgIpc) is 3.09. The van der Waals surface area contributed by atoms with Crippen LogP contribution in [0.25, 0.3) is 11.3 Å². The number of rotatable bonds is 4. The number of benzene rings is 1. The first-order valence-corrected chi connectivity index (χ1v) is 10.3. The lowest BCUT2D eigenvalue weighted by Gasteiger charge is -2.31. The lowest BCUT2D eigenvalue weighted by molar-refractivity contribution is -0.149. The Labute approximate surface area is 172 Å². The van der Waals surface area contributed by atoms with Gasteiger partial charge in [0.2, 0.25) is 0 Å². The molecule has 0 N–H and O–H groups in total. The van der Waals surface area contributed by atoms with Gasteiger partial charge < -0.3 is 9.64 Å². The number of aryl methyl sites for hydroxylation is 1. The van der Waals surface area contributed by atoms with Gasteiger partial charge in [0.15, 0.2) is 0 Å². The Morgan fingerprint density at radius 3 is 2.52 bits per heavy atom. The highest BCUT2D eigenvalue weighted by atomic mass is 16.5. The Hall–Kier alpha value is -2.63. The SMILES string of the molecule is CCOC(=O)C1CCCN(C(=O)c2cc(-c3ccc(C(C)(C)C)cc3)nn2C)C1. The molecule has 3 rings (SSSR count). The second kappa shape index (κ2) is 8.39. The summed E-state index contributed by atoms with van der Waals surface area (Å²) in [6, 6.07) is 10.2. The normalized spacial score (nSPS) is 17.3. The molecule has 0 spiro atoms. The molecule has 1 aliphatic rings. The summed E-state index contributed by atoms with van der Waals surface area (Å²) in [5, 5.41) is 4.55. The van der Waals surface area contributed by atoms with Crippen LogP contribution in [0.5, 0.6) is 0 Å². The molecule has 1 atom stereocenters. The van der Waals surface area contributed by atoms with Crippen LogP contribution in [-0.4, -0.2) is 46.3 Å². The van der Waals surface area contributed by atoms with Crippen molar-refractivity contribution in [2.75, 3.05) is 19.7 Å². The highest BCUT2D eigenvalue weighted by molar-refractivity contribution is 5.94. The van der Waals surface area contributed by atoms with Gasteiger partial charge in [0.25, 0.3) is 5.91 Å². The molecule has 0 radical (unpaired) electrons. The molecule has 0 aliphatic carbocycles. The summed E-state index contributed by atoms with van der Waals surface area (Å²) in [4.78, 5) is 26.9. The molecular formula is C23H31N3O3. The Morgan fingerprint density at radius 2 is 1.90 bits per heavy atom. The number of hydrogen-bond acceptors (Lipinski definition) is 4. The molecule has 1 unspecified atom stereocenters. The molecule has 1 aromatic heterocycles. The smallest absolute Gasteiger partial charge is 0.310 e. The van der Waals surface area contributed by atoms with Crippen molar-refractivity contribution < 1.29 is 14.3 Å². The predicted molar refractivity (Wildman–Crippen MR) is 113 cm³/mol. The molecule has 6 heteroatoms. The number of aromatic nitrogens is 2. The van der Waals surface area contributed by atoms with E-state index in [2.05, 4.69) is 50.1 Å². The predicted octanol–water partition coefficient (Wildman–Crippen LogP) is 3.80. The number of carbonyl (C=O) groups is 2. The van der Waals surface area contributed by atoms with Crippen LogP contribution >= 0.6 is 0 Å². The van der Waals surface area contributed by atoms with Gasteiger partial charge in [-0.2, -0.15) is 5.10 Å². The fourth-order valence-electron chi connectivity index (χ4n) is 3.73. The van der Waals surface area contributed by atoms with Crippen molar-refractivity contribution in [3.63, 3.8) is 0 Å². The number of amides is 1. The van der Waals surface area contributed by atoms with E-state index in [9.17, 15) is 9.59 Å². The summed E-state index contributed by atoms with van der Waals surface area (Å²) in [6.07, 6.45) is 1.56. The second-order valence-electron chi connectivity index (χ2n) is 8.71. The fraction of sp³-hybridized carbons (Fsp3) is 0.522. The summed E-state index contributed by atoms with van der Waals surface area (Å²) >= 11 is 0. The molecule has 0 bridgehead atoms. The van der Waals surface area contributed by atoms with Crippen LogP contribution in [0.3, 0.4) is 0 Å². The quantitative estimate of drug-likeness (QED) is 0.736. The number of carbonyl (C=O) groups excluding carboxylic acids is 2. The molecule has 156 valence electrons. The number of piperidine rings is 1. The zero-order chi connectivity index (χ0) is 21.2. The van der Waals surface area contributed by atoms with Crippen molar-refractivity contribution in [1.29, 1.82) is 0 Å². The van der Waals surface area contributed by atoms with Crippen molar-refractivity contribution in [2.24, 2.45) is 13.0 Å². The van der Waals surface area contributed by atoms with Crippen LogP contribution < -0.4 is 0 Å². The highest BCUT2D eigenvalue weighted by Gasteiger charge is 2.31.